The van der Waals surface area contributed by atoms with Gasteiger partial charge in [-0.25, -0.2) is 4.98 Å². The zero-order chi connectivity index (χ0) is 13.2. The fourth-order valence-corrected chi connectivity index (χ4v) is 2.39. The van der Waals surface area contributed by atoms with Gasteiger partial charge in [-0.2, -0.15) is 4.98 Å². The Morgan fingerprint density at radius 2 is 2.11 bits per heavy atom. The highest BCUT2D eigenvalue weighted by Crippen LogP contribution is 2.39. The van der Waals surface area contributed by atoms with Crippen LogP contribution >= 0.6 is 27.5 Å². The summed E-state index contributed by atoms with van der Waals surface area (Å²) >= 11 is 9.33. The van der Waals surface area contributed by atoms with E-state index < -0.39 is 0 Å². The van der Waals surface area contributed by atoms with Gasteiger partial charge in [0.2, 0.25) is 5.88 Å². The van der Waals surface area contributed by atoms with Gasteiger partial charge in [0.25, 0.3) is 0 Å². The van der Waals surface area contributed by atoms with E-state index in [1.54, 1.807) is 6.07 Å². The maximum Gasteiger partial charge on any atom is 0.218 e. The zero-order valence-electron chi connectivity index (χ0n) is 10.1. The third-order valence-electron chi connectivity index (χ3n) is 2.91. The topological polar surface area (TPSA) is 35.0 Å². The Balaban J connectivity index is 1.72. The molecule has 1 saturated carbocycles. The van der Waals surface area contributed by atoms with Crippen LogP contribution in [-0.4, -0.2) is 9.97 Å². The second-order valence-electron chi connectivity index (χ2n) is 4.58. The molecule has 0 radical (unpaired) electrons. The van der Waals surface area contributed by atoms with Gasteiger partial charge in [-0.3, -0.25) is 0 Å². The lowest BCUT2D eigenvalue weighted by molar-refractivity contribution is 0.292. The average Bonchev–Trinajstić information content (AvgIpc) is 3.20. The van der Waals surface area contributed by atoms with Gasteiger partial charge in [0.05, 0.1) is 0 Å². The van der Waals surface area contributed by atoms with Crippen LogP contribution < -0.4 is 4.74 Å². The smallest absolute Gasteiger partial charge is 0.218 e. The van der Waals surface area contributed by atoms with Gasteiger partial charge in [-0.05, 0) is 46.5 Å². The van der Waals surface area contributed by atoms with E-state index in [0.717, 1.165) is 16.0 Å². The molecule has 0 atom stereocenters. The molecule has 0 saturated heterocycles. The third-order valence-corrected chi connectivity index (χ3v) is 3.55. The first-order valence-electron chi connectivity index (χ1n) is 6.12. The summed E-state index contributed by atoms with van der Waals surface area (Å²) in [6.45, 7) is 0.453. The number of aromatic nitrogens is 2. The molecule has 5 heteroatoms. The van der Waals surface area contributed by atoms with Crippen molar-refractivity contribution >= 4 is 27.5 Å². The van der Waals surface area contributed by atoms with Crippen LogP contribution in [0.3, 0.4) is 0 Å². The molecule has 2 aromatic rings. The van der Waals surface area contributed by atoms with Gasteiger partial charge in [-0.15, -0.1) is 0 Å². The number of ether oxygens (including phenoxy) is 1. The molecule has 1 aromatic carbocycles. The number of halogens is 2. The molecule has 0 aliphatic heterocycles. The van der Waals surface area contributed by atoms with E-state index in [1.807, 2.05) is 24.3 Å². The van der Waals surface area contributed by atoms with Gasteiger partial charge in [-0.1, -0.05) is 23.7 Å². The van der Waals surface area contributed by atoms with Gasteiger partial charge < -0.3 is 4.74 Å². The Hall–Kier alpha value is -1.13. The minimum atomic E-state index is 0.453. The molecule has 1 aliphatic carbocycles. The van der Waals surface area contributed by atoms with E-state index in [2.05, 4.69) is 25.9 Å². The van der Waals surface area contributed by atoms with Crippen LogP contribution in [0.2, 0.25) is 5.02 Å². The summed E-state index contributed by atoms with van der Waals surface area (Å²) in [7, 11) is 0. The summed E-state index contributed by atoms with van der Waals surface area (Å²) in [5.74, 6) is 1.98. The van der Waals surface area contributed by atoms with Crippen LogP contribution in [0.5, 0.6) is 5.88 Å². The average molecular weight is 340 g/mol. The Morgan fingerprint density at radius 3 is 2.84 bits per heavy atom. The number of hydrogen-bond acceptors (Lipinski definition) is 3. The molecule has 1 aliphatic rings. The minimum Gasteiger partial charge on any atom is -0.473 e. The summed E-state index contributed by atoms with van der Waals surface area (Å²) in [5, 5.41) is 0.712. The lowest BCUT2D eigenvalue weighted by Crippen LogP contribution is -2.01. The second-order valence-corrected chi connectivity index (χ2v) is 5.83. The molecule has 1 aromatic heterocycles. The summed E-state index contributed by atoms with van der Waals surface area (Å²) in [5.41, 5.74) is 1.02. The molecule has 0 unspecified atom stereocenters. The van der Waals surface area contributed by atoms with Gasteiger partial charge in [0.15, 0.2) is 0 Å². The lowest BCUT2D eigenvalue weighted by atomic mass is 10.2. The Bertz CT molecular complexity index is 602. The first-order chi connectivity index (χ1) is 9.20. The third kappa shape index (κ3) is 3.45. The number of benzene rings is 1. The largest absolute Gasteiger partial charge is 0.473 e. The molecule has 19 heavy (non-hydrogen) atoms. The monoisotopic (exact) mass is 338 g/mol. The van der Waals surface area contributed by atoms with Crippen molar-refractivity contribution in [3.63, 3.8) is 0 Å². The van der Waals surface area contributed by atoms with Crippen molar-refractivity contribution in [2.45, 2.75) is 25.4 Å². The van der Waals surface area contributed by atoms with Crippen molar-refractivity contribution < 1.29 is 4.74 Å². The number of hydrogen-bond donors (Lipinski definition) is 0. The normalized spacial score (nSPS) is 14.4. The van der Waals surface area contributed by atoms with Crippen LogP contribution in [0.15, 0.2) is 34.9 Å². The van der Waals surface area contributed by atoms with Crippen molar-refractivity contribution in [3.05, 3.63) is 51.3 Å². The van der Waals surface area contributed by atoms with Crippen LogP contribution in [0.25, 0.3) is 0 Å². The second kappa shape index (κ2) is 5.47. The molecule has 0 amide bonds. The van der Waals surface area contributed by atoms with Gasteiger partial charge >= 0.3 is 0 Å². The molecule has 98 valence electrons. The highest BCUT2D eigenvalue weighted by Gasteiger charge is 2.27. The highest BCUT2D eigenvalue weighted by molar-refractivity contribution is 9.10. The molecular weight excluding hydrogens is 328 g/mol. The van der Waals surface area contributed by atoms with Crippen molar-refractivity contribution in [2.75, 3.05) is 0 Å². The summed E-state index contributed by atoms with van der Waals surface area (Å²) in [6.07, 6.45) is 2.34. The van der Waals surface area contributed by atoms with Crippen LogP contribution in [0.1, 0.15) is 30.1 Å². The van der Waals surface area contributed by atoms with Crippen molar-refractivity contribution in [1.82, 2.24) is 9.97 Å². The standard InChI is InChI=1S/C14H12BrClN2O/c15-12-7-13(18-14(17-12)10-4-5-10)19-8-9-2-1-3-11(16)6-9/h1-3,6-7,10H,4-5,8H2. The maximum absolute atomic E-state index is 5.94. The molecule has 3 nitrogen and oxygen atoms in total. The molecule has 0 bridgehead atoms. The SMILES string of the molecule is Clc1cccc(COc2cc(Br)nc(C3CC3)n2)c1. The zero-order valence-corrected chi connectivity index (χ0v) is 12.5. The minimum absolute atomic E-state index is 0.453. The highest BCUT2D eigenvalue weighted by atomic mass is 79.9. The quantitative estimate of drug-likeness (QED) is 0.777. The fourth-order valence-electron chi connectivity index (χ4n) is 1.80. The predicted molar refractivity (Wildman–Crippen MR) is 77.5 cm³/mol. The van der Waals surface area contributed by atoms with E-state index in [-0.39, 0.29) is 0 Å². The summed E-state index contributed by atoms with van der Waals surface area (Å²) < 4.78 is 6.48. The molecular formula is C14H12BrClN2O. The van der Waals surface area contributed by atoms with E-state index in [4.69, 9.17) is 16.3 Å². The Kier molecular flexibility index (Phi) is 3.71. The molecule has 1 fully saturated rings. The first-order valence-corrected chi connectivity index (χ1v) is 7.29. The van der Waals surface area contributed by atoms with Gasteiger partial charge in [0.1, 0.15) is 17.0 Å². The van der Waals surface area contributed by atoms with E-state index >= 15 is 0 Å². The lowest BCUT2D eigenvalue weighted by Gasteiger charge is -2.07. The van der Waals surface area contributed by atoms with Gasteiger partial charge in [0, 0.05) is 17.0 Å². The van der Waals surface area contributed by atoms with Crippen LogP contribution in [-0.2, 0) is 6.61 Å². The predicted octanol–water partition coefficient (Wildman–Crippen LogP) is 4.35. The summed E-state index contributed by atoms with van der Waals surface area (Å²) in [4.78, 5) is 8.81. The molecule has 1 heterocycles. The van der Waals surface area contributed by atoms with Crippen molar-refractivity contribution in [2.24, 2.45) is 0 Å². The van der Waals surface area contributed by atoms with E-state index in [0.29, 0.717) is 23.4 Å². The molecule has 0 N–H and O–H groups in total. The summed E-state index contributed by atoms with van der Waals surface area (Å²) in [6, 6.07) is 9.41. The Labute approximate surface area is 125 Å². The Morgan fingerprint density at radius 1 is 1.26 bits per heavy atom. The molecule has 3 rings (SSSR count). The van der Waals surface area contributed by atoms with E-state index in [9.17, 15) is 0 Å². The molecule has 0 spiro atoms. The van der Waals surface area contributed by atoms with Crippen molar-refractivity contribution in [3.8, 4) is 5.88 Å². The van der Waals surface area contributed by atoms with Crippen LogP contribution in [0.4, 0.5) is 0 Å². The number of rotatable bonds is 4. The first kappa shape index (κ1) is 12.9. The maximum atomic E-state index is 5.94. The van der Waals surface area contributed by atoms with E-state index in [1.165, 1.54) is 12.8 Å². The fraction of sp³-hybridized carbons (Fsp3) is 0.286. The number of nitrogens with zero attached hydrogens (tertiary/aromatic N) is 2. The van der Waals surface area contributed by atoms with Crippen LogP contribution in [0, 0.1) is 0 Å². The van der Waals surface area contributed by atoms with Crippen molar-refractivity contribution in [1.29, 1.82) is 0 Å².